The molecule has 0 atom stereocenters. The highest BCUT2D eigenvalue weighted by Crippen LogP contribution is 2.34. The molecule has 2 aromatic rings. The van der Waals surface area contributed by atoms with Crippen LogP contribution in [0.25, 0.3) is 0 Å². The van der Waals surface area contributed by atoms with Crippen LogP contribution in [0.3, 0.4) is 0 Å². The number of nitrogens with one attached hydrogen (secondary N) is 2. The first-order valence-electron chi connectivity index (χ1n) is 6.19. The van der Waals surface area contributed by atoms with Gasteiger partial charge < -0.3 is 15.2 Å². The lowest BCUT2D eigenvalue weighted by Crippen LogP contribution is -2.33. The Morgan fingerprint density at radius 1 is 1.39 bits per heavy atom. The third kappa shape index (κ3) is 4.19. The molecule has 1 heterocycles. The lowest BCUT2D eigenvalue weighted by molar-refractivity contribution is 0.0696. The van der Waals surface area contributed by atoms with E-state index in [2.05, 4.69) is 10.6 Å². The monoisotopic (exact) mass is 370 g/mol. The third-order valence-corrected chi connectivity index (χ3v) is 4.07. The number of carbonyl (C=O) groups is 2. The van der Waals surface area contributed by atoms with E-state index in [4.69, 9.17) is 33.7 Å². The van der Waals surface area contributed by atoms with Crippen LogP contribution in [0.5, 0.6) is 5.75 Å². The Kier molecular flexibility index (Phi) is 5.54. The fraction of sp³-hybridized carbons (Fsp3) is 0.0714. The quantitative estimate of drug-likeness (QED) is 0.716. The predicted molar refractivity (Wildman–Crippen MR) is 93.0 cm³/mol. The maximum absolute atomic E-state index is 11.9. The lowest BCUT2D eigenvalue weighted by atomic mass is 10.2. The highest BCUT2D eigenvalue weighted by atomic mass is 35.5. The van der Waals surface area contributed by atoms with Gasteiger partial charge in [0.15, 0.2) is 10.9 Å². The first kappa shape index (κ1) is 17.2. The number of carboxylic acids is 1. The van der Waals surface area contributed by atoms with Crippen LogP contribution in [0.2, 0.25) is 5.02 Å². The molecule has 1 amide bonds. The average Bonchev–Trinajstić information content (AvgIpc) is 3.00. The maximum atomic E-state index is 11.9. The largest absolute Gasteiger partial charge is 0.493 e. The normalized spacial score (nSPS) is 10.0. The van der Waals surface area contributed by atoms with Gasteiger partial charge in [-0.1, -0.05) is 17.7 Å². The number of rotatable bonds is 4. The molecule has 120 valence electrons. The number of aromatic carboxylic acids is 1. The molecule has 23 heavy (non-hydrogen) atoms. The Hall–Kier alpha value is -2.16. The fourth-order valence-electron chi connectivity index (χ4n) is 1.74. The number of hydrogen-bond donors (Lipinski definition) is 3. The number of benzene rings is 1. The fourth-order valence-corrected chi connectivity index (χ4v) is 2.86. The van der Waals surface area contributed by atoms with E-state index in [9.17, 15) is 9.59 Å². The summed E-state index contributed by atoms with van der Waals surface area (Å²) in [5.74, 6) is -1.28. The van der Waals surface area contributed by atoms with Crippen LogP contribution in [0, 0.1) is 0 Å². The van der Waals surface area contributed by atoms with Gasteiger partial charge in [-0.05, 0) is 35.8 Å². The van der Waals surface area contributed by atoms with Crippen molar-refractivity contribution in [1.82, 2.24) is 5.32 Å². The van der Waals surface area contributed by atoms with Gasteiger partial charge >= 0.3 is 5.97 Å². The van der Waals surface area contributed by atoms with E-state index in [0.29, 0.717) is 4.88 Å². The van der Waals surface area contributed by atoms with Gasteiger partial charge in [0.2, 0.25) is 0 Å². The highest BCUT2D eigenvalue weighted by Gasteiger charge is 2.16. The SMILES string of the molecule is COc1c(Cl)cc(C(=O)O)cc1NC(=S)NC(=O)c1cccs1. The van der Waals surface area contributed by atoms with Crippen LogP contribution in [0.15, 0.2) is 29.6 Å². The molecule has 0 saturated carbocycles. The molecule has 1 aromatic heterocycles. The number of hydrogen-bond acceptors (Lipinski definition) is 5. The Morgan fingerprint density at radius 2 is 2.13 bits per heavy atom. The molecule has 0 spiro atoms. The molecule has 0 fully saturated rings. The second-order valence-electron chi connectivity index (χ2n) is 4.23. The molecular weight excluding hydrogens is 360 g/mol. The van der Waals surface area contributed by atoms with Crippen molar-refractivity contribution in [2.45, 2.75) is 0 Å². The summed E-state index contributed by atoms with van der Waals surface area (Å²) in [6, 6.07) is 5.98. The molecule has 1 aromatic carbocycles. The van der Waals surface area contributed by atoms with Gasteiger partial charge in [-0.2, -0.15) is 0 Å². The summed E-state index contributed by atoms with van der Waals surface area (Å²) in [5, 5.41) is 16.2. The van der Waals surface area contributed by atoms with Gasteiger partial charge in [0.1, 0.15) is 0 Å². The van der Waals surface area contributed by atoms with Gasteiger partial charge in [0, 0.05) is 0 Å². The van der Waals surface area contributed by atoms with Gasteiger partial charge in [-0.3, -0.25) is 10.1 Å². The summed E-state index contributed by atoms with van der Waals surface area (Å²) in [5.41, 5.74) is 0.208. The predicted octanol–water partition coefficient (Wildman–Crippen LogP) is 3.24. The third-order valence-electron chi connectivity index (χ3n) is 2.71. The molecule has 0 aliphatic heterocycles. The van der Waals surface area contributed by atoms with Crippen LogP contribution in [-0.2, 0) is 0 Å². The summed E-state index contributed by atoms with van der Waals surface area (Å²) in [7, 11) is 1.39. The summed E-state index contributed by atoms with van der Waals surface area (Å²) in [6.45, 7) is 0. The Morgan fingerprint density at radius 3 is 2.70 bits per heavy atom. The number of methoxy groups -OCH3 is 1. The van der Waals surface area contributed by atoms with Crippen molar-refractivity contribution in [3.8, 4) is 5.75 Å². The zero-order valence-corrected chi connectivity index (χ0v) is 14.1. The van der Waals surface area contributed by atoms with Gasteiger partial charge in [0.05, 0.1) is 28.3 Å². The van der Waals surface area contributed by atoms with E-state index in [1.54, 1.807) is 17.5 Å². The average molecular weight is 371 g/mol. The number of ether oxygens (including phenoxy) is 1. The van der Waals surface area contributed by atoms with Crippen molar-refractivity contribution >= 4 is 57.8 Å². The number of thiophene rings is 1. The van der Waals surface area contributed by atoms with Crippen molar-refractivity contribution in [3.05, 3.63) is 45.1 Å². The molecule has 0 bridgehead atoms. The van der Waals surface area contributed by atoms with Crippen molar-refractivity contribution in [3.63, 3.8) is 0 Å². The van der Waals surface area contributed by atoms with Crippen LogP contribution in [0.1, 0.15) is 20.0 Å². The van der Waals surface area contributed by atoms with Gasteiger partial charge in [-0.25, -0.2) is 4.79 Å². The Bertz CT molecular complexity index is 762. The molecule has 2 rings (SSSR count). The lowest BCUT2D eigenvalue weighted by Gasteiger charge is -2.14. The minimum Gasteiger partial charge on any atom is -0.493 e. The molecule has 0 unspecified atom stereocenters. The van der Waals surface area contributed by atoms with Crippen LogP contribution in [-0.4, -0.2) is 29.2 Å². The number of thiocarbonyl (C=S) groups is 1. The second-order valence-corrected chi connectivity index (χ2v) is 5.99. The van der Waals surface area contributed by atoms with E-state index in [-0.39, 0.29) is 33.0 Å². The van der Waals surface area contributed by atoms with Crippen molar-refractivity contribution in [1.29, 1.82) is 0 Å². The number of carboxylic acid groups (broad SMARTS) is 1. The van der Waals surface area contributed by atoms with Gasteiger partial charge in [0.25, 0.3) is 5.91 Å². The van der Waals surface area contributed by atoms with Crippen LogP contribution in [0.4, 0.5) is 5.69 Å². The molecule has 6 nitrogen and oxygen atoms in total. The molecule has 0 aliphatic rings. The molecule has 0 saturated heterocycles. The maximum Gasteiger partial charge on any atom is 0.335 e. The van der Waals surface area contributed by atoms with E-state index < -0.39 is 5.97 Å². The topological polar surface area (TPSA) is 87.7 Å². The Balaban J connectivity index is 2.19. The first-order valence-corrected chi connectivity index (χ1v) is 7.85. The molecular formula is C14H11ClN2O4S2. The number of amides is 1. The minimum atomic E-state index is -1.15. The minimum absolute atomic E-state index is 0.000283. The Labute approximate surface area is 146 Å². The van der Waals surface area contributed by atoms with Gasteiger partial charge in [-0.15, -0.1) is 11.3 Å². The van der Waals surface area contributed by atoms with E-state index in [1.807, 2.05) is 0 Å². The van der Waals surface area contributed by atoms with E-state index in [1.165, 1.54) is 30.6 Å². The van der Waals surface area contributed by atoms with Crippen molar-refractivity contribution in [2.75, 3.05) is 12.4 Å². The molecule has 0 radical (unpaired) electrons. The highest BCUT2D eigenvalue weighted by molar-refractivity contribution is 7.80. The summed E-state index contributed by atoms with van der Waals surface area (Å²) >= 11 is 12.3. The van der Waals surface area contributed by atoms with E-state index in [0.717, 1.165) is 0 Å². The van der Waals surface area contributed by atoms with Crippen molar-refractivity contribution in [2.24, 2.45) is 0 Å². The van der Waals surface area contributed by atoms with Crippen LogP contribution >= 0.6 is 35.2 Å². The summed E-state index contributed by atoms with van der Waals surface area (Å²) < 4.78 is 5.13. The number of halogens is 1. The second kappa shape index (κ2) is 7.40. The molecule has 9 heteroatoms. The zero-order valence-electron chi connectivity index (χ0n) is 11.8. The first-order chi connectivity index (χ1) is 10.9. The number of anilines is 1. The van der Waals surface area contributed by atoms with E-state index >= 15 is 0 Å². The van der Waals surface area contributed by atoms with Crippen LogP contribution < -0.4 is 15.4 Å². The van der Waals surface area contributed by atoms with Crippen molar-refractivity contribution < 1.29 is 19.4 Å². The summed E-state index contributed by atoms with van der Waals surface area (Å²) in [6.07, 6.45) is 0. The standard InChI is InChI=1S/C14H11ClN2O4S2/c1-21-11-8(15)5-7(13(19)20)6-9(11)16-14(22)17-12(18)10-3-2-4-23-10/h2-6H,1H3,(H,19,20)(H2,16,17,18,22). The number of carbonyl (C=O) groups excluding carboxylic acids is 1. The smallest absolute Gasteiger partial charge is 0.335 e. The zero-order chi connectivity index (χ0) is 17.0. The summed E-state index contributed by atoms with van der Waals surface area (Å²) in [4.78, 5) is 23.5. The molecule has 0 aliphatic carbocycles. The molecule has 3 N–H and O–H groups in total.